The molecule has 0 unspecified atom stereocenters. The standard InChI is InChI=1S/C16H13FN2O4/c17-11-6-5-10(7-12(11)19(22)23)18-15(20)13-8-1-2-9(4-3-8)14(13)16(18)21/h1-2,5-9,13-14H,3-4H2/t8-,9+,13-,14+. The lowest BCUT2D eigenvalue weighted by Crippen LogP contribution is -2.38. The molecular weight excluding hydrogens is 303 g/mol. The number of carbonyl (C=O) groups excluding carboxylic acids is 2. The molecule has 4 atom stereocenters. The highest BCUT2D eigenvalue weighted by molar-refractivity contribution is 6.22. The highest BCUT2D eigenvalue weighted by atomic mass is 19.1. The van der Waals surface area contributed by atoms with Crippen molar-refractivity contribution in [1.82, 2.24) is 0 Å². The van der Waals surface area contributed by atoms with Crippen LogP contribution in [-0.4, -0.2) is 16.7 Å². The predicted molar refractivity (Wildman–Crippen MR) is 77.9 cm³/mol. The molecule has 118 valence electrons. The topological polar surface area (TPSA) is 80.5 Å². The lowest BCUT2D eigenvalue weighted by Gasteiger charge is -2.38. The Labute approximate surface area is 130 Å². The van der Waals surface area contributed by atoms with Crippen molar-refractivity contribution in [3.8, 4) is 0 Å². The van der Waals surface area contributed by atoms with Crippen molar-refractivity contribution in [2.24, 2.45) is 23.7 Å². The maximum Gasteiger partial charge on any atom is 0.306 e. The summed E-state index contributed by atoms with van der Waals surface area (Å²) in [4.78, 5) is 36.5. The molecule has 2 fully saturated rings. The highest BCUT2D eigenvalue weighted by Crippen LogP contribution is 2.50. The number of hydrogen-bond donors (Lipinski definition) is 0. The maximum atomic E-state index is 13.5. The summed E-state index contributed by atoms with van der Waals surface area (Å²) in [7, 11) is 0. The third kappa shape index (κ3) is 1.85. The molecule has 1 aromatic rings. The van der Waals surface area contributed by atoms with E-state index in [9.17, 15) is 24.1 Å². The summed E-state index contributed by atoms with van der Waals surface area (Å²) in [5.74, 6) is -2.36. The summed E-state index contributed by atoms with van der Waals surface area (Å²) in [5, 5.41) is 10.9. The van der Waals surface area contributed by atoms with Crippen molar-refractivity contribution in [1.29, 1.82) is 0 Å². The number of fused-ring (bicyclic) bond motifs is 1. The lowest BCUT2D eigenvalue weighted by atomic mass is 9.63. The number of benzene rings is 1. The van der Waals surface area contributed by atoms with Gasteiger partial charge in [-0.2, -0.15) is 4.39 Å². The number of carbonyl (C=O) groups is 2. The summed E-state index contributed by atoms with van der Waals surface area (Å²) in [6.07, 6.45) is 5.74. The minimum absolute atomic E-state index is 0.0434. The largest absolute Gasteiger partial charge is 0.306 e. The summed E-state index contributed by atoms with van der Waals surface area (Å²) in [5.41, 5.74) is -0.666. The third-order valence-corrected chi connectivity index (χ3v) is 5.14. The lowest BCUT2D eigenvalue weighted by molar-refractivity contribution is -0.387. The second-order valence-corrected chi connectivity index (χ2v) is 6.25. The third-order valence-electron chi connectivity index (χ3n) is 5.14. The van der Waals surface area contributed by atoms with Crippen molar-refractivity contribution in [3.63, 3.8) is 0 Å². The average molecular weight is 316 g/mol. The van der Waals surface area contributed by atoms with Gasteiger partial charge in [0, 0.05) is 6.07 Å². The molecule has 2 amide bonds. The van der Waals surface area contributed by atoms with Crippen molar-refractivity contribution < 1.29 is 18.9 Å². The van der Waals surface area contributed by atoms with Crippen LogP contribution in [0.5, 0.6) is 0 Å². The minimum Gasteiger partial charge on any atom is -0.274 e. The molecule has 5 rings (SSSR count). The summed E-state index contributed by atoms with van der Waals surface area (Å²) in [6, 6.07) is 3.12. The Morgan fingerprint density at radius 1 is 1.09 bits per heavy atom. The van der Waals surface area contributed by atoms with Gasteiger partial charge in [0.15, 0.2) is 0 Å². The molecule has 0 N–H and O–H groups in total. The zero-order valence-corrected chi connectivity index (χ0v) is 12.0. The Hall–Kier alpha value is -2.57. The van der Waals surface area contributed by atoms with Crippen LogP contribution in [0, 0.1) is 39.6 Å². The van der Waals surface area contributed by atoms with Gasteiger partial charge in [-0.15, -0.1) is 0 Å². The van der Waals surface area contributed by atoms with E-state index in [1.165, 1.54) is 6.07 Å². The quantitative estimate of drug-likeness (QED) is 0.363. The summed E-state index contributed by atoms with van der Waals surface area (Å²) >= 11 is 0. The first-order valence-electron chi connectivity index (χ1n) is 7.49. The molecule has 0 radical (unpaired) electrons. The molecule has 6 nitrogen and oxygen atoms in total. The van der Waals surface area contributed by atoms with Gasteiger partial charge in [0.05, 0.1) is 22.4 Å². The van der Waals surface area contributed by atoms with Gasteiger partial charge in [-0.3, -0.25) is 19.7 Å². The first-order chi connectivity index (χ1) is 11.0. The Morgan fingerprint density at radius 2 is 1.65 bits per heavy atom. The number of halogens is 1. The fourth-order valence-corrected chi connectivity index (χ4v) is 4.11. The number of anilines is 1. The Morgan fingerprint density at radius 3 is 2.13 bits per heavy atom. The van der Waals surface area contributed by atoms with E-state index in [4.69, 9.17) is 0 Å². The molecule has 3 aliphatic carbocycles. The molecule has 4 aliphatic rings. The van der Waals surface area contributed by atoms with E-state index in [1.807, 2.05) is 12.2 Å². The molecule has 7 heteroatoms. The van der Waals surface area contributed by atoms with Gasteiger partial charge in [0.25, 0.3) is 0 Å². The fourth-order valence-electron chi connectivity index (χ4n) is 4.11. The smallest absolute Gasteiger partial charge is 0.274 e. The average Bonchev–Trinajstić information content (AvgIpc) is 2.83. The zero-order chi connectivity index (χ0) is 16.3. The number of nitro benzene ring substituents is 1. The van der Waals surface area contributed by atoms with Crippen molar-refractivity contribution >= 4 is 23.2 Å². The number of allylic oxidation sites excluding steroid dienone is 2. The van der Waals surface area contributed by atoms with E-state index in [0.717, 1.165) is 29.9 Å². The van der Waals surface area contributed by atoms with Gasteiger partial charge in [0.1, 0.15) is 0 Å². The van der Waals surface area contributed by atoms with Crippen molar-refractivity contribution in [2.45, 2.75) is 12.8 Å². The molecule has 1 aromatic carbocycles. The van der Waals surface area contributed by atoms with E-state index in [2.05, 4.69) is 0 Å². The molecular formula is C16H13FN2O4. The van der Waals surface area contributed by atoms with E-state index >= 15 is 0 Å². The molecule has 23 heavy (non-hydrogen) atoms. The summed E-state index contributed by atoms with van der Waals surface area (Å²) < 4.78 is 13.5. The van der Waals surface area contributed by atoms with Crippen LogP contribution in [0.1, 0.15) is 12.8 Å². The molecule has 1 heterocycles. The van der Waals surface area contributed by atoms with E-state index in [0.29, 0.717) is 0 Å². The molecule has 0 spiro atoms. The molecule has 1 saturated carbocycles. The number of nitrogens with zero attached hydrogens (tertiary/aromatic N) is 2. The number of hydrogen-bond acceptors (Lipinski definition) is 4. The molecule has 1 aliphatic heterocycles. The highest BCUT2D eigenvalue weighted by Gasteiger charge is 2.57. The van der Waals surface area contributed by atoms with E-state index in [-0.39, 0.29) is 29.3 Å². The van der Waals surface area contributed by atoms with Crippen LogP contribution in [0.3, 0.4) is 0 Å². The van der Waals surface area contributed by atoms with Crippen LogP contribution in [-0.2, 0) is 9.59 Å². The van der Waals surface area contributed by atoms with Gasteiger partial charge < -0.3 is 0 Å². The van der Waals surface area contributed by atoms with Crippen molar-refractivity contribution in [2.75, 3.05) is 4.90 Å². The number of imide groups is 1. The van der Waals surface area contributed by atoms with Gasteiger partial charge >= 0.3 is 5.69 Å². The van der Waals surface area contributed by atoms with Gasteiger partial charge in [-0.05, 0) is 36.8 Å². The predicted octanol–water partition coefficient (Wildman–Crippen LogP) is 2.44. The number of nitro groups is 1. The van der Waals surface area contributed by atoms with Crippen LogP contribution in [0.25, 0.3) is 0 Å². The fraction of sp³-hybridized carbons (Fsp3) is 0.375. The maximum absolute atomic E-state index is 13.5. The molecule has 2 bridgehead atoms. The SMILES string of the molecule is O=C1[C@@H]2[C@H](C(=O)N1c1ccc(F)c([N+](=O)[O-])c1)[C@@H]1C=C[C@H]2CC1. The first kappa shape index (κ1) is 14.0. The Balaban J connectivity index is 1.76. The van der Waals surface area contributed by atoms with E-state index in [1.54, 1.807) is 0 Å². The molecule has 0 aromatic heterocycles. The van der Waals surface area contributed by atoms with Gasteiger partial charge in [0.2, 0.25) is 17.6 Å². The van der Waals surface area contributed by atoms with Crippen LogP contribution in [0.4, 0.5) is 15.8 Å². The van der Waals surface area contributed by atoms with Crippen LogP contribution >= 0.6 is 0 Å². The summed E-state index contributed by atoms with van der Waals surface area (Å²) in [6.45, 7) is 0. The van der Waals surface area contributed by atoms with Gasteiger partial charge in [-0.25, -0.2) is 4.90 Å². The number of rotatable bonds is 2. The monoisotopic (exact) mass is 316 g/mol. The number of amides is 2. The zero-order valence-electron chi connectivity index (χ0n) is 12.0. The van der Waals surface area contributed by atoms with Crippen molar-refractivity contribution in [3.05, 3.63) is 46.3 Å². The normalized spacial score (nSPS) is 31.6. The Bertz CT molecular complexity index is 743. The van der Waals surface area contributed by atoms with Crippen LogP contribution in [0.2, 0.25) is 0 Å². The second-order valence-electron chi connectivity index (χ2n) is 6.25. The minimum atomic E-state index is -0.989. The van der Waals surface area contributed by atoms with Gasteiger partial charge in [-0.1, -0.05) is 12.2 Å². The van der Waals surface area contributed by atoms with Crippen LogP contribution < -0.4 is 4.90 Å². The van der Waals surface area contributed by atoms with Crippen LogP contribution in [0.15, 0.2) is 30.4 Å². The van der Waals surface area contributed by atoms with E-state index < -0.39 is 28.3 Å². The molecule has 1 saturated heterocycles. The second kappa shape index (κ2) is 4.71. The first-order valence-corrected chi connectivity index (χ1v) is 7.49. The Kier molecular flexibility index (Phi) is 2.88.